The van der Waals surface area contributed by atoms with Crippen molar-refractivity contribution in [2.45, 2.75) is 0 Å². The van der Waals surface area contributed by atoms with Gasteiger partial charge in [0.1, 0.15) is 33.5 Å². The molecule has 117 heavy (non-hydrogen) atoms. The van der Waals surface area contributed by atoms with Crippen LogP contribution in [0, 0.1) is 0 Å². The lowest BCUT2D eigenvalue weighted by Crippen LogP contribution is -1.93. The lowest BCUT2D eigenvalue weighted by molar-refractivity contribution is 0.669. The lowest BCUT2D eigenvalue weighted by Gasteiger charge is -2.10. The maximum Gasteiger partial charge on any atom is 0.136 e. The molecule has 0 fully saturated rings. The van der Waals surface area contributed by atoms with Gasteiger partial charge in [-0.1, -0.05) is 249 Å². The van der Waals surface area contributed by atoms with Gasteiger partial charge in [-0.05, 0) is 199 Å². The zero-order valence-electron chi connectivity index (χ0n) is 62.7. The molecule has 0 atom stereocenters. The fourth-order valence-corrected chi connectivity index (χ4v) is 22.5. The Balaban J connectivity index is 0.0000000980. The summed E-state index contributed by atoms with van der Waals surface area (Å²) < 4.78 is 34.3. The molecule has 9 aromatic heterocycles. The van der Waals surface area contributed by atoms with Gasteiger partial charge < -0.3 is 27.0 Å². The second-order valence-electron chi connectivity index (χ2n) is 30.4. The summed E-state index contributed by atoms with van der Waals surface area (Å²) in [7, 11) is 0. The van der Waals surface area contributed by atoms with Crippen molar-refractivity contribution in [3.05, 3.63) is 382 Å². The standard InChI is InChI=1S/3C36H21NOS/c1-2-10-24(11-3-1)37-29-15-7-6-13-27(29)36-35(37)34-26(14-8-16-32(34)39-36)23-17-19-28-31(21-23)38-30-20-18-22-9-4-5-12-25(22)33(28)30;1-2-9-25(10-3-1)37-30-13-7-6-12-27(30)36-35(37)29-18-15-24(21-33(29)39-36)23-14-17-28-32(20-23)38-31-19-16-22-8-4-5-11-26(22)34(28)31;1-2-9-25(10-3-1)37-30-13-7-6-12-27(30)36-35(37)29-20-23(16-19-33(29)39-36)24-14-17-28-32(21-24)38-31-18-15-22-8-4-5-11-26(22)34(28)31/h3*1-21H. The highest BCUT2D eigenvalue weighted by Gasteiger charge is 2.25. The van der Waals surface area contributed by atoms with Crippen LogP contribution >= 0.6 is 34.0 Å². The van der Waals surface area contributed by atoms with Crippen LogP contribution in [0.5, 0.6) is 0 Å². The molecule has 0 aliphatic rings. The van der Waals surface area contributed by atoms with Gasteiger partial charge >= 0.3 is 0 Å². The predicted octanol–water partition coefficient (Wildman–Crippen LogP) is 32.2. The van der Waals surface area contributed by atoms with Crippen LogP contribution in [-0.4, -0.2) is 13.7 Å². The minimum Gasteiger partial charge on any atom is -0.456 e. The van der Waals surface area contributed by atoms with Gasteiger partial charge in [0.25, 0.3) is 0 Å². The number of nitrogens with zero attached hydrogens (tertiary/aromatic N) is 3. The number of hydrogen-bond acceptors (Lipinski definition) is 6. The molecule has 9 heterocycles. The van der Waals surface area contributed by atoms with E-state index < -0.39 is 0 Å². The SMILES string of the molecule is c1ccc(-n2c3ccccc3c3sc4cc(-c5ccc6c(c5)oc5ccc7ccccc7c56)ccc4c32)cc1.c1ccc(-n2c3ccccc3c3sc4ccc(-c5ccc6c(c5)oc5ccc7ccccc7c56)cc4c32)cc1.c1ccc(-n2c3ccccc3c3sc4cccc(-c5ccc6c(c5)oc5ccc7ccccc7c56)c4c32)cc1. The van der Waals surface area contributed by atoms with E-state index in [1.807, 2.05) is 34.0 Å². The van der Waals surface area contributed by atoms with E-state index in [2.05, 4.69) is 396 Å². The molecule has 0 bridgehead atoms. The van der Waals surface area contributed by atoms with Crippen molar-refractivity contribution in [3.8, 4) is 50.4 Å². The molecule has 27 rings (SSSR count). The number of thiophene rings is 3. The largest absolute Gasteiger partial charge is 0.456 e. The number of para-hydroxylation sites is 6. The van der Waals surface area contributed by atoms with Crippen molar-refractivity contribution in [3.63, 3.8) is 0 Å². The second kappa shape index (κ2) is 26.0. The summed E-state index contributed by atoms with van der Waals surface area (Å²) in [6.07, 6.45) is 0. The van der Waals surface area contributed by atoms with Gasteiger partial charge in [0.15, 0.2) is 0 Å². The fourth-order valence-electron chi connectivity index (χ4n) is 18.7. The van der Waals surface area contributed by atoms with Crippen molar-refractivity contribution in [2.75, 3.05) is 0 Å². The molecular weight excluding hydrogens is 1480 g/mol. The second-order valence-corrected chi connectivity index (χ2v) is 33.6. The van der Waals surface area contributed by atoms with Crippen LogP contribution in [-0.2, 0) is 0 Å². The van der Waals surface area contributed by atoms with Gasteiger partial charge in [-0.25, -0.2) is 0 Å². The van der Waals surface area contributed by atoms with Crippen molar-refractivity contribution in [1.82, 2.24) is 13.7 Å². The third kappa shape index (κ3) is 10.2. The minimum absolute atomic E-state index is 0.922. The van der Waals surface area contributed by atoms with E-state index in [9.17, 15) is 0 Å². The first-order chi connectivity index (χ1) is 58.0. The molecule has 0 saturated heterocycles. The first-order valence-electron chi connectivity index (χ1n) is 39.6. The number of fused-ring (bicyclic) bond motifs is 30. The van der Waals surface area contributed by atoms with Gasteiger partial charge in [0.05, 0.1) is 47.2 Å². The van der Waals surface area contributed by atoms with E-state index in [0.29, 0.717) is 0 Å². The summed E-state index contributed by atoms with van der Waals surface area (Å²) in [6.45, 7) is 0. The number of benzene rings is 18. The number of rotatable bonds is 6. The highest BCUT2D eigenvalue weighted by atomic mass is 32.1. The molecule has 6 nitrogen and oxygen atoms in total. The van der Waals surface area contributed by atoms with Gasteiger partial charge in [0.2, 0.25) is 0 Å². The Kier molecular flexibility index (Phi) is 14.6. The quantitative estimate of drug-likeness (QED) is 0.167. The first kappa shape index (κ1) is 65.9. The summed E-state index contributed by atoms with van der Waals surface area (Å²) in [5, 5.41) is 22.2. The van der Waals surface area contributed by atoms with E-state index in [4.69, 9.17) is 13.3 Å². The summed E-state index contributed by atoms with van der Waals surface area (Å²) in [4.78, 5) is 0. The van der Waals surface area contributed by atoms with Gasteiger partial charge in [-0.2, -0.15) is 0 Å². The van der Waals surface area contributed by atoms with E-state index in [1.54, 1.807) is 0 Å². The normalized spacial score (nSPS) is 12.1. The Morgan fingerprint density at radius 3 is 1.02 bits per heavy atom. The molecule has 18 aromatic carbocycles. The van der Waals surface area contributed by atoms with Crippen LogP contribution in [0.4, 0.5) is 0 Å². The van der Waals surface area contributed by atoms with Crippen molar-refractivity contribution >= 4 is 226 Å². The van der Waals surface area contributed by atoms with Gasteiger partial charge in [-0.3, -0.25) is 0 Å². The zero-order chi connectivity index (χ0) is 76.5. The Bertz CT molecular complexity index is 8770. The van der Waals surface area contributed by atoms with Crippen LogP contribution in [0.25, 0.3) is 242 Å². The van der Waals surface area contributed by atoms with Crippen LogP contribution in [0.15, 0.2) is 395 Å². The molecule has 546 valence electrons. The Morgan fingerprint density at radius 2 is 0.538 bits per heavy atom. The summed E-state index contributed by atoms with van der Waals surface area (Å²) in [5.41, 5.74) is 23.8. The zero-order valence-corrected chi connectivity index (χ0v) is 65.1. The van der Waals surface area contributed by atoms with E-state index in [0.717, 1.165) is 55.2 Å². The van der Waals surface area contributed by atoms with E-state index in [-0.39, 0.29) is 0 Å². The lowest BCUT2D eigenvalue weighted by atomic mass is 9.98. The molecule has 0 saturated carbocycles. The molecule has 9 heteroatoms. The molecule has 0 aliphatic heterocycles. The molecular formula is C108H63N3O3S3. The van der Waals surface area contributed by atoms with Crippen molar-refractivity contribution in [2.24, 2.45) is 0 Å². The van der Waals surface area contributed by atoms with Crippen LogP contribution in [0.1, 0.15) is 0 Å². The fraction of sp³-hybridized carbons (Fsp3) is 0. The minimum atomic E-state index is 0.922. The molecule has 0 N–H and O–H groups in total. The molecule has 0 spiro atoms. The van der Waals surface area contributed by atoms with Crippen LogP contribution in [0.3, 0.4) is 0 Å². The average Bonchev–Trinajstić information content (AvgIpc) is 1.57. The van der Waals surface area contributed by atoms with Crippen molar-refractivity contribution in [1.29, 1.82) is 0 Å². The number of aromatic nitrogens is 3. The topological polar surface area (TPSA) is 54.2 Å². The van der Waals surface area contributed by atoms with Crippen LogP contribution in [0.2, 0.25) is 0 Å². The maximum atomic E-state index is 6.44. The number of hydrogen-bond donors (Lipinski definition) is 0. The Hall–Kier alpha value is -14.6. The summed E-state index contributed by atoms with van der Waals surface area (Å²) >= 11 is 5.64. The molecule has 0 aliphatic carbocycles. The monoisotopic (exact) mass is 1550 g/mol. The average molecular weight is 1550 g/mol. The highest BCUT2D eigenvalue weighted by molar-refractivity contribution is 7.27. The van der Waals surface area contributed by atoms with E-state index >= 15 is 0 Å². The van der Waals surface area contributed by atoms with Gasteiger partial charge in [-0.15, -0.1) is 34.0 Å². The van der Waals surface area contributed by atoms with E-state index in [1.165, 1.54) is 187 Å². The summed E-state index contributed by atoms with van der Waals surface area (Å²) in [6, 6.07) is 137. The van der Waals surface area contributed by atoms with Crippen molar-refractivity contribution < 1.29 is 13.3 Å². The predicted molar refractivity (Wildman–Crippen MR) is 499 cm³/mol. The third-order valence-electron chi connectivity index (χ3n) is 24.0. The number of furan rings is 3. The van der Waals surface area contributed by atoms with Gasteiger partial charge in [0, 0.05) is 95.8 Å². The molecule has 0 amide bonds. The van der Waals surface area contributed by atoms with Crippen LogP contribution < -0.4 is 0 Å². The smallest absolute Gasteiger partial charge is 0.136 e. The summed E-state index contributed by atoms with van der Waals surface area (Å²) in [5.74, 6) is 0. The molecule has 27 aromatic rings. The maximum absolute atomic E-state index is 6.44. The molecule has 0 radical (unpaired) electrons. The molecule has 0 unspecified atom stereocenters. The Morgan fingerprint density at radius 1 is 0.188 bits per heavy atom. The Labute approximate surface area is 680 Å². The third-order valence-corrected chi connectivity index (χ3v) is 27.5. The first-order valence-corrected chi connectivity index (χ1v) is 42.0. The highest BCUT2D eigenvalue weighted by Crippen LogP contribution is 2.50.